The zero-order valence-electron chi connectivity index (χ0n) is 10.2. The van der Waals surface area contributed by atoms with E-state index in [-0.39, 0.29) is 0 Å². The third-order valence-electron chi connectivity index (χ3n) is 2.23. The number of hydrogen-bond acceptors (Lipinski definition) is 3. The fourth-order valence-corrected chi connectivity index (χ4v) is 2.23. The first kappa shape index (κ1) is 12.7. The summed E-state index contributed by atoms with van der Waals surface area (Å²) in [6.45, 7) is 9.84. The molecule has 0 aliphatic heterocycles. The van der Waals surface area contributed by atoms with Gasteiger partial charge < -0.3 is 5.32 Å². The SMILES string of the molecule is CC(C)NCCCc1csc(C(C)C)n1. The lowest BCUT2D eigenvalue weighted by Crippen LogP contribution is -2.23. The van der Waals surface area contributed by atoms with E-state index < -0.39 is 0 Å². The summed E-state index contributed by atoms with van der Waals surface area (Å²) in [5, 5.41) is 6.89. The van der Waals surface area contributed by atoms with Crippen molar-refractivity contribution < 1.29 is 0 Å². The van der Waals surface area contributed by atoms with E-state index in [2.05, 4.69) is 43.4 Å². The predicted octanol–water partition coefficient (Wildman–Crippen LogP) is 3.20. The van der Waals surface area contributed by atoms with Crippen LogP contribution in [-0.2, 0) is 6.42 Å². The largest absolute Gasteiger partial charge is 0.315 e. The molecule has 0 atom stereocenters. The molecule has 1 rings (SSSR count). The maximum absolute atomic E-state index is 4.62. The zero-order chi connectivity index (χ0) is 11.3. The van der Waals surface area contributed by atoms with E-state index in [9.17, 15) is 0 Å². The van der Waals surface area contributed by atoms with Crippen LogP contribution in [0.25, 0.3) is 0 Å². The van der Waals surface area contributed by atoms with Gasteiger partial charge in [0.2, 0.25) is 0 Å². The van der Waals surface area contributed by atoms with Crippen LogP contribution in [-0.4, -0.2) is 17.6 Å². The molecule has 0 aromatic carbocycles. The number of rotatable bonds is 6. The summed E-state index contributed by atoms with van der Waals surface area (Å²) in [6, 6.07) is 0.589. The first-order valence-electron chi connectivity index (χ1n) is 5.77. The molecule has 86 valence electrons. The Bertz CT molecular complexity index is 279. The number of thiazole rings is 1. The Morgan fingerprint density at radius 3 is 2.60 bits per heavy atom. The molecule has 0 bridgehead atoms. The Balaban J connectivity index is 2.26. The molecule has 1 heterocycles. The van der Waals surface area contributed by atoms with Gasteiger partial charge in [0.1, 0.15) is 0 Å². The van der Waals surface area contributed by atoms with E-state index >= 15 is 0 Å². The van der Waals surface area contributed by atoms with Crippen LogP contribution < -0.4 is 5.32 Å². The maximum atomic E-state index is 4.62. The van der Waals surface area contributed by atoms with Crippen molar-refractivity contribution in [3.63, 3.8) is 0 Å². The van der Waals surface area contributed by atoms with Gasteiger partial charge in [0, 0.05) is 17.3 Å². The lowest BCUT2D eigenvalue weighted by Gasteiger charge is -2.06. The minimum absolute atomic E-state index is 0.567. The van der Waals surface area contributed by atoms with Crippen LogP contribution in [0.2, 0.25) is 0 Å². The summed E-state index contributed by atoms with van der Waals surface area (Å²) in [7, 11) is 0. The summed E-state index contributed by atoms with van der Waals surface area (Å²) < 4.78 is 0. The Kier molecular flexibility index (Phi) is 5.26. The molecule has 0 aliphatic rings. The minimum Gasteiger partial charge on any atom is -0.315 e. The first-order valence-corrected chi connectivity index (χ1v) is 6.65. The highest BCUT2D eigenvalue weighted by atomic mass is 32.1. The third kappa shape index (κ3) is 4.76. The van der Waals surface area contributed by atoms with Crippen molar-refractivity contribution in [3.05, 3.63) is 16.1 Å². The van der Waals surface area contributed by atoms with Crippen molar-refractivity contribution in [2.75, 3.05) is 6.54 Å². The van der Waals surface area contributed by atoms with Crippen molar-refractivity contribution in [1.82, 2.24) is 10.3 Å². The molecule has 0 spiro atoms. The van der Waals surface area contributed by atoms with Crippen LogP contribution >= 0.6 is 11.3 Å². The van der Waals surface area contributed by atoms with Gasteiger partial charge in [-0.25, -0.2) is 4.98 Å². The van der Waals surface area contributed by atoms with Crippen molar-refractivity contribution in [1.29, 1.82) is 0 Å². The maximum Gasteiger partial charge on any atom is 0.0953 e. The van der Waals surface area contributed by atoms with Crippen LogP contribution in [0, 0.1) is 0 Å². The van der Waals surface area contributed by atoms with Crippen molar-refractivity contribution in [2.45, 2.75) is 52.5 Å². The highest BCUT2D eigenvalue weighted by Crippen LogP contribution is 2.19. The Morgan fingerprint density at radius 1 is 1.33 bits per heavy atom. The second-order valence-electron chi connectivity index (χ2n) is 4.54. The van der Waals surface area contributed by atoms with Crippen LogP contribution in [0.1, 0.15) is 50.7 Å². The number of aryl methyl sites for hydroxylation is 1. The van der Waals surface area contributed by atoms with Gasteiger partial charge in [0.25, 0.3) is 0 Å². The van der Waals surface area contributed by atoms with E-state index in [1.807, 2.05) is 0 Å². The van der Waals surface area contributed by atoms with Crippen LogP contribution in [0.3, 0.4) is 0 Å². The summed E-state index contributed by atoms with van der Waals surface area (Å²) >= 11 is 1.79. The molecule has 2 nitrogen and oxygen atoms in total. The van der Waals surface area contributed by atoms with Gasteiger partial charge in [-0.05, 0) is 19.4 Å². The van der Waals surface area contributed by atoms with Crippen LogP contribution in [0.4, 0.5) is 0 Å². The van der Waals surface area contributed by atoms with E-state index in [4.69, 9.17) is 0 Å². The highest BCUT2D eigenvalue weighted by molar-refractivity contribution is 7.09. The first-order chi connectivity index (χ1) is 7.09. The van der Waals surface area contributed by atoms with Crippen molar-refractivity contribution in [3.8, 4) is 0 Å². The monoisotopic (exact) mass is 226 g/mol. The van der Waals surface area contributed by atoms with Gasteiger partial charge in [-0.1, -0.05) is 27.7 Å². The van der Waals surface area contributed by atoms with Gasteiger partial charge in [0.15, 0.2) is 0 Å². The van der Waals surface area contributed by atoms with Crippen LogP contribution in [0.15, 0.2) is 5.38 Å². The third-order valence-corrected chi connectivity index (χ3v) is 3.42. The average molecular weight is 226 g/mol. The lowest BCUT2D eigenvalue weighted by molar-refractivity contribution is 0.568. The molecule has 0 saturated carbocycles. The number of nitrogens with zero attached hydrogens (tertiary/aromatic N) is 1. The standard InChI is InChI=1S/C12H22N2S/c1-9(2)12-14-11(8-15-12)6-5-7-13-10(3)4/h8-10,13H,5-7H2,1-4H3. The second-order valence-corrected chi connectivity index (χ2v) is 5.43. The molecular weight excluding hydrogens is 204 g/mol. The molecule has 1 aromatic rings. The molecule has 0 saturated heterocycles. The molecule has 15 heavy (non-hydrogen) atoms. The predicted molar refractivity (Wildman–Crippen MR) is 67.7 cm³/mol. The smallest absolute Gasteiger partial charge is 0.0953 e. The molecule has 1 aromatic heterocycles. The molecule has 0 aliphatic carbocycles. The number of hydrogen-bond donors (Lipinski definition) is 1. The summed E-state index contributed by atoms with van der Waals surface area (Å²) in [4.78, 5) is 4.62. The Hall–Kier alpha value is -0.410. The number of aromatic nitrogens is 1. The van der Waals surface area contributed by atoms with Gasteiger partial charge in [-0.3, -0.25) is 0 Å². The normalized spacial score (nSPS) is 11.6. The molecule has 0 radical (unpaired) electrons. The quantitative estimate of drug-likeness (QED) is 0.754. The van der Waals surface area contributed by atoms with Gasteiger partial charge in [-0.2, -0.15) is 0 Å². The minimum atomic E-state index is 0.567. The van der Waals surface area contributed by atoms with Gasteiger partial charge in [-0.15, -0.1) is 11.3 Å². The lowest BCUT2D eigenvalue weighted by atomic mass is 10.2. The van der Waals surface area contributed by atoms with Crippen LogP contribution in [0.5, 0.6) is 0 Å². The fourth-order valence-electron chi connectivity index (χ4n) is 1.36. The molecular formula is C12H22N2S. The topological polar surface area (TPSA) is 24.9 Å². The zero-order valence-corrected chi connectivity index (χ0v) is 11.0. The molecule has 3 heteroatoms. The van der Waals surface area contributed by atoms with Crippen molar-refractivity contribution >= 4 is 11.3 Å². The van der Waals surface area contributed by atoms with Gasteiger partial charge in [0.05, 0.1) is 10.7 Å². The average Bonchev–Trinajstić information content (AvgIpc) is 2.60. The van der Waals surface area contributed by atoms with E-state index in [1.165, 1.54) is 17.1 Å². The molecule has 0 unspecified atom stereocenters. The summed E-state index contributed by atoms with van der Waals surface area (Å²) in [5.74, 6) is 0.567. The second kappa shape index (κ2) is 6.23. The van der Waals surface area contributed by atoms with E-state index in [0.29, 0.717) is 12.0 Å². The van der Waals surface area contributed by atoms with E-state index in [0.717, 1.165) is 13.0 Å². The number of nitrogens with one attached hydrogen (secondary N) is 1. The summed E-state index contributed by atoms with van der Waals surface area (Å²) in [6.07, 6.45) is 2.28. The molecule has 0 fully saturated rings. The highest BCUT2D eigenvalue weighted by Gasteiger charge is 2.05. The van der Waals surface area contributed by atoms with Crippen molar-refractivity contribution in [2.24, 2.45) is 0 Å². The summed E-state index contributed by atoms with van der Waals surface area (Å²) in [5.41, 5.74) is 1.26. The van der Waals surface area contributed by atoms with Gasteiger partial charge >= 0.3 is 0 Å². The van der Waals surface area contributed by atoms with E-state index in [1.54, 1.807) is 11.3 Å². The fraction of sp³-hybridized carbons (Fsp3) is 0.750. The Labute approximate surface area is 97.1 Å². The Morgan fingerprint density at radius 2 is 2.07 bits per heavy atom. The molecule has 1 N–H and O–H groups in total. The molecule has 0 amide bonds.